The van der Waals surface area contributed by atoms with Crippen molar-refractivity contribution in [2.24, 2.45) is 5.41 Å². The molecule has 1 atom stereocenters. The van der Waals surface area contributed by atoms with Gasteiger partial charge in [-0.1, -0.05) is 26.3 Å². The van der Waals surface area contributed by atoms with Crippen LogP contribution in [0, 0.1) is 5.41 Å². The number of ether oxygens (including phenoxy) is 1. The van der Waals surface area contributed by atoms with E-state index in [1.807, 2.05) is 41.5 Å². The van der Waals surface area contributed by atoms with Crippen molar-refractivity contribution in [1.29, 1.82) is 0 Å². The van der Waals surface area contributed by atoms with Gasteiger partial charge < -0.3 is 4.74 Å². The van der Waals surface area contributed by atoms with Gasteiger partial charge in [-0.3, -0.25) is 4.79 Å². The zero-order valence-electron chi connectivity index (χ0n) is 10.2. The summed E-state index contributed by atoms with van der Waals surface area (Å²) in [6.07, 6.45) is 1.33. The van der Waals surface area contributed by atoms with E-state index >= 15 is 0 Å². The van der Waals surface area contributed by atoms with Gasteiger partial charge in [0.25, 0.3) is 0 Å². The fourth-order valence-electron chi connectivity index (χ4n) is 1.29. The SMILES string of the molecule is CCOC(C(=O)C=C(C)C)C(C)(C)C. The van der Waals surface area contributed by atoms with Gasteiger partial charge in [-0.05, 0) is 32.3 Å². The molecular formula is C12H22O2. The molecule has 14 heavy (non-hydrogen) atoms. The van der Waals surface area contributed by atoms with E-state index in [1.165, 1.54) is 0 Å². The monoisotopic (exact) mass is 198 g/mol. The molecule has 0 aromatic heterocycles. The second-order valence-corrected chi connectivity index (χ2v) is 4.83. The molecular weight excluding hydrogens is 176 g/mol. The van der Waals surface area contributed by atoms with Crippen LogP contribution < -0.4 is 0 Å². The molecule has 82 valence electrons. The van der Waals surface area contributed by atoms with Gasteiger partial charge in [0.2, 0.25) is 0 Å². The van der Waals surface area contributed by atoms with Crippen LogP contribution in [-0.4, -0.2) is 18.5 Å². The van der Waals surface area contributed by atoms with E-state index < -0.39 is 0 Å². The second-order valence-electron chi connectivity index (χ2n) is 4.83. The number of carbonyl (C=O) groups excluding carboxylic acids is 1. The highest BCUT2D eigenvalue weighted by Gasteiger charge is 2.30. The summed E-state index contributed by atoms with van der Waals surface area (Å²) in [6, 6.07) is 0. The summed E-state index contributed by atoms with van der Waals surface area (Å²) in [5.41, 5.74) is 0.878. The Kier molecular flexibility index (Phi) is 5.06. The lowest BCUT2D eigenvalue weighted by Crippen LogP contribution is -2.36. The first-order valence-corrected chi connectivity index (χ1v) is 5.09. The minimum Gasteiger partial charge on any atom is -0.370 e. The van der Waals surface area contributed by atoms with E-state index in [2.05, 4.69) is 0 Å². The maximum Gasteiger partial charge on any atom is 0.184 e. The maximum absolute atomic E-state index is 11.8. The molecule has 2 heteroatoms. The second kappa shape index (κ2) is 5.30. The Morgan fingerprint density at radius 1 is 1.36 bits per heavy atom. The fourth-order valence-corrected chi connectivity index (χ4v) is 1.29. The molecule has 0 aliphatic rings. The topological polar surface area (TPSA) is 26.3 Å². The van der Waals surface area contributed by atoms with Gasteiger partial charge in [-0.15, -0.1) is 0 Å². The van der Waals surface area contributed by atoms with E-state index in [0.29, 0.717) is 6.61 Å². The minimum atomic E-state index is -0.331. The molecule has 0 saturated carbocycles. The molecule has 0 fully saturated rings. The highest BCUT2D eigenvalue weighted by molar-refractivity contribution is 5.94. The van der Waals surface area contributed by atoms with Crippen LogP contribution in [0.15, 0.2) is 11.6 Å². The zero-order chi connectivity index (χ0) is 11.4. The Labute approximate surface area is 87.3 Å². The summed E-state index contributed by atoms with van der Waals surface area (Å²) >= 11 is 0. The van der Waals surface area contributed by atoms with Crippen LogP contribution in [-0.2, 0) is 9.53 Å². The van der Waals surface area contributed by atoms with Gasteiger partial charge in [-0.2, -0.15) is 0 Å². The lowest BCUT2D eigenvalue weighted by Gasteiger charge is -2.28. The smallest absolute Gasteiger partial charge is 0.184 e. The fraction of sp³-hybridized carbons (Fsp3) is 0.750. The molecule has 0 saturated heterocycles. The first-order chi connectivity index (χ1) is 6.29. The van der Waals surface area contributed by atoms with E-state index in [4.69, 9.17) is 4.74 Å². The Morgan fingerprint density at radius 3 is 2.14 bits per heavy atom. The van der Waals surface area contributed by atoms with Crippen molar-refractivity contribution >= 4 is 5.78 Å². The minimum absolute atomic E-state index is 0.0688. The van der Waals surface area contributed by atoms with E-state index in [0.717, 1.165) is 5.57 Å². The third-order valence-corrected chi connectivity index (χ3v) is 1.81. The molecule has 0 aliphatic heterocycles. The highest BCUT2D eigenvalue weighted by Crippen LogP contribution is 2.23. The van der Waals surface area contributed by atoms with Crippen molar-refractivity contribution in [2.75, 3.05) is 6.61 Å². The average molecular weight is 198 g/mol. The predicted molar refractivity (Wildman–Crippen MR) is 59.3 cm³/mol. The highest BCUT2D eigenvalue weighted by atomic mass is 16.5. The van der Waals surface area contributed by atoms with E-state index in [1.54, 1.807) is 6.08 Å². The Hall–Kier alpha value is -0.630. The molecule has 0 N–H and O–H groups in total. The molecule has 2 nitrogen and oxygen atoms in total. The summed E-state index contributed by atoms with van der Waals surface area (Å²) in [7, 11) is 0. The van der Waals surface area contributed by atoms with Crippen LogP contribution in [0.4, 0.5) is 0 Å². The lowest BCUT2D eigenvalue weighted by molar-refractivity contribution is -0.132. The normalized spacial score (nSPS) is 13.6. The summed E-state index contributed by atoms with van der Waals surface area (Å²) in [5, 5.41) is 0. The Balaban J connectivity index is 4.67. The Morgan fingerprint density at radius 2 is 1.86 bits per heavy atom. The van der Waals surface area contributed by atoms with Crippen LogP contribution in [0.2, 0.25) is 0 Å². The first kappa shape index (κ1) is 13.4. The third-order valence-electron chi connectivity index (χ3n) is 1.81. The lowest BCUT2D eigenvalue weighted by atomic mass is 9.86. The molecule has 1 unspecified atom stereocenters. The van der Waals surface area contributed by atoms with Crippen LogP contribution in [0.25, 0.3) is 0 Å². The number of hydrogen-bond donors (Lipinski definition) is 0. The molecule has 0 aromatic rings. The van der Waals surface area contributed by atoms with E-state index in [-0.39, 0.29) is 17.3 Å². The largest absolute Gasteiger partial charge is 0.370 e. The summed E-state index contributed by atoms with van der Waals surface area (Å²) < 4.78 is 5.47. The molecule has 0 amide bonds. The predicted octanol–water partition coefficient (Wildman–Crippen LogP) is 2.97. The molecule has 0 heterocycles. The first-order valence-electron chi connectivity index (χ1n) is 5.09. The molecule has 0 radical (unpaired) electrons. The summed E-state index contributed by atoms with van der Waals surface area (Å²) in [5.74, 6) is 0.0688. The third kappa shape index (κ3) is 4.56. The number of rotatable bonds is 4. The van der Waals surface area contributed by atoms with Gasteiger partial charge in [-0.25, -0.2) is 0 Å². The molecule has 0 rings (SSSR count). The van der Waals surface area contributed by atoms with Crippen LogP contribution in [0.5, 0.6) is 0 Å². The molecule has 0 spiro atoms. The van der Waals surface area contributed by atoms with Crippen LogP contribution >= 0.6 is 0 Å². The summed E-state index contributed by atoms with van der Waals surface area (Å²) in [6.45, 7) is 12.4. The van der Waals surface area contributed by atoms with Gasteiger partial charge in [0.15, 0.2) is 5.78 Å². The number of carbonyl (C=O) groups is 1. The molecule has 0 aliphatic carbocycles. The average Bonchev–Trinajstić information content (AvgIpc) is 1.96. The quantitative estimate of drug-likeness (QED) is 0.649. The molecule has 0 aromatic carbocycles. The van der Waals surface area contributed by atoms with Crippen LogP contribution in [0.1, 0.15) is 41.5 Å². The summed E-state index contributed by atoms with van der Waals surface area (Å²) in [4.78, 5) is 11.8. The number of allylic oxidation sites excluding steroid dienone is 1. The standard InChI is InChI=1S/C12H22O2/c1-7-14-11(12(4,5)6)10(13)8-9(2)3/h8,11H,7H2,1-6H3. The number of hydrogen-bond acceptors (Lipinski definition) is 2. The van der Waals surface area contributed by atoms with Gasteiger partial charge >= 0.3 is 0 Å². The van der Waals surface area contributed by atoms with Crippen molar-refractivity contribution in [3.8, 4) is 0 Å². The van der Waals surface area contributed by atoms with Crippen LogP contribution in [0.3, 0.4) is 0 Å². The van der Waals surface area contributed by atoms with Crippen molar-refractivity contribution in [1.82, 2.24) is 0 Å². The van der Waals surface area contributed by atoms with Gasteiger partial charge in [0.05, 0.1) is 0 Å². The van der Waals surface area contributed by atoms with Crippen molar-refractivity contribution in [3.63, 3.8) is 0 Å². The number of ketones is 1. The Bertz CT molecular complexity index is 217. The van der Waals surface area contributed by atoms with Crippen molar-refractivity contribution < 1.29 is 9.53 Å². The zero-order valence-corrected chi connectivity index (χ0v) is 10.2. The van der Waals surface area contributed by atoms with Gasteiger partial charge in [0.1, 0.15) is 6.10 Å². The van der Waals surface area contributed by atoms with Crippen molar-refractivity contribution in [2.45, 2.75) is 47.6 Å². The van der Waals surface area contributed by atoms with E-state index in [9.17, 15) is 4.79 Å². The van der Waals surface area contributed by atoms with Crippen molar-refractivity contribution in [3.05, 3.63) is 11.6 Å². The van der Waals surface area contributed by atoms with Gasteiger partial charge in [0, 0.05) is 6.61 Å². The molecule has 0 bridgehead atoms. The maximum atomic E-state index is 11.8.